The van der Waals surface area contributed by atoms with E-state index < -0.39 is 59.8 Å². The van der Waals surface area contributed by atoms with Gasteiger partial charge in [-0.15, -0.1) is 0 Å². The Bertz CT molecular complexity index is 625. The van der Waals surface area contributed by atoms with E-state index in [0.717, 1.165) is 0 Å². The SMILES string of the molecule is N.N.N.O=P(O)(O)OP(=O)(O)OP(=O)(O)OC1(O)[C@H](O)[C@H](O)C(O)[C@H](O)[C@H]1O. The summed E-state index contributed by atoms with van der Waals surface area (Å²) < 4.78 is 43.8. The summed E-state index contributed by atoms with van der Waals surface area (Å²) in [4.78, 5) is 34.9. The van der Waals surface area contributed by atoms with Crippen molar-refractivity contribution in [2.75, 3.05) is 0 Å². The lowest BCUT2D eigenvalue weighted by atomic mass is 9.82. The monoisotopic (exact) mass is 487 g/mol. The number of aliphatic hydroxyl groups is 6. The van der Waals surface area contributed by atoms with Crippen molar-refractivity contribution in [3.05, 3.63) is 0 Å². The molecule has 1 aliphatic carbocycles. The van der Waals surface area contributed by atoms with Gasteiger partial charge < -0.3 is 68.7 Å². The first-order valence-corrected chi connectivity index (χ1v) is 10.4. The molecule has 8 atom stereocenters. The second kappa shape index (κ2) is 10.4. The molecule has 0 aromatic carbocycles. The first-order valence-electron chi connectivity index (χ1n) is 5.89. The molecule has 1 rings (SSSR count). The highest BCUT2D eigenvalue weighted by atomic mass is 31.3. The van der Waals surface area contributed by atoms with Crippen LogP contribution in [-0.4, -0.2) is 86.5 Å². The van der Waals surface area contributed by atoms with Crippen LogP contribution in [0, 0.1) is 0 Å². The van der Waals surface area contributed by atoms with E-state index in [2.05, 4.69) is 13.1 Å². The van der Waals surface area contributed by atoms with Gasteiger partial charge >= 0.3 is 23.5 Å². The summed E-state index contributed by atoms with van der Waals surface area (Å²) in [5.74, 6) is -3.72. The second-order valence-electron chi connectivity index (χ2n) is 4.80. The van der Waals surface area contributed by atoms with Crippen molar-refractivity contribution in [1.82, 2.24) is 18.5 Å². The summed E-state index contributed by atoms with van der Waals surface area (Å²) in [6.45, 7) is 0. The van der Waals surface area contributed by atoms with E-state index in [9.17, 15) is 49.2 Å². The fourth-order valence-electron chi connectivity index (χ4n) is 1.83. The minimum atomic E-state index is -6.04. The number of rotatable bonds is 6. The Morgan fingerprint density at radius 1 is 0.643 bits per heavy atom. The van der Waals surface area contributed by atoms with Crippen LogP contribution in [0.2, 0.25) is 0 Å². The normalized spacial score (nSPS) is 37.3. The molecular formula is C6H24N3O16P3. The number of hydrogen-bond donors (Lipinski definition) is 13. The van der Waals surface area contributed by atoms with Crippen LogP contribution in [0.25, 0.3) is 0 Å². The molecule has 22 heteroatoms. The van der Waals surface area contributed by atoms with E-state index in [0.29, 0.717) is 0 Å². The lowest BCUT2D eigenvalue weighted by molar-refractivity contribution is -0.336. The molecule has 1 aliphatic rings. The van der Waals surface area contributed by atoms with Crippen molar-refractivity contribution in [2.45, 2.75) is 36.3 Å². The standard InChI is InChI=1S/C6H15O16P3.3H3N/c7-1-2(8)4(10)6(12,5(11)3(1)9)20-24(16,17)22-25(18,19)21-23(13,14)15;;;/h1-5,7-12H,(H,16,17)(H,18,19)(H2,13,14,15);3*1H3/t1?,2-,3+,4-,5-,6?;;;/m1.../s1. The molecule has 4 unspecified atom stereocenters. The van der Waals surface area contributed by atoms with Gasteiger partial charge in [-0.2, -0.15) is 8.62 Å². The molecule has 0 heterocycles. The first kappa shape index (κ1) is 32.7. The van der Waals surface area contributed by atoms with Crippen molar-refractivity contribution in [3.8, 4) is 0 Å². The van der Waals surface area contributed by atoms with Crippen molar-refractivity contribution >= 4 is 23.5 Å². The lowest BCUT2D eigenvalue weighted by Crippen LogP contribution is -2.71. The highest BCUT2D eigenvalue weighted by Gasteiger charge is 2.62. The van der Waals surface area contributed by atoms with Gasteiger partial charge in [0.05, 0.1) is 0 Å². The van der Waals surface area contributed by atoms with Crippen molar-refractivity contribution < 1.29 is 77.1 Å². The maximum absolute atomic E-state index is 11.6. The van der Waals surface area contributed by atoms with Gasteiger partial charge in [-0.1, -0.05) is 0 Å². The Kier molecular flexibility index (Phi) is 12.1. The summed E-state index contributed by atoms with van der Waals surface area (Å²) in [5, 5.41) is 57.1. The molecule has 28 heavy (non-hydrogen) atoms. The predicted octanol–water partition coefficient (Wildman–Crippen LogP) is -3.68. The summed E-state index contributed by atoms with van der Waals surface area (Å²) in [7, 11) is -17.7. The Balaban J connectivity index is -0.00000208. The van der Waals surface area contributed by atoms with Gasteiger partial charge in [0.15, 0.2) is 0 Å². The molecule has 0 saturated heterocycles. The van der Waals surface area contributed by atoms with Crippen molar-refractivity contribution in [1.29, 1.82) is 0 Å². The third-order valence-electron chi connectivity index (χ3n) is 2.87. The Morgan fingerprint density at radius 2 is 1.00 bits per heavy atom. The number of phosphoric acid groups is 3. The number of hydrogen-bond acceptors (Lipinski definition) is 15. The smallest absolute Gasteiger partial charge is 0.387 e. The molecule has 0 amide bonds. The van der Waals surface area contributed by atoms with E-state index in [4.69, 9.17) is 14.7 Å². The quantitative estimate of drug-likeness (QED) is 0.127. The average molecular weight is 487 g/mol. The highest BCUT2D eigenvalue weighted by molar-refractivity contribution is 7.66. The van der Waals surface area contributed by atoms with Crippen LogP contribution in [0.3, 0.4) is 0 Å². The van der Waals surface area contributed by atoms with E-state index in [-0.39, 0.29) is 18.5 Å². The topological polar surface area (TPSA) is 386 Å². The molecule has 174 valence electrons. The van der Waals surface area contributed by atoms with Crippen LogP contribution in [0.1, 0.15) is 0 Å². The Labute approximate surface area is 156 Å². The van der Waals surface area contributed by atoms with Gasteiger partial charge in [-0.25, -0.2) is 18.2 Å². The molecule has 0 bridgehead atoms. The fourth-order valence-corrected chi connectivity index (χ4v) is 5.05. The molecular weight excluding hydrogens is 463 g/mol. The van der Waals surface area contributed by atoms with E-state index >= 15 is 0 Å². The molecule has 1 saturated carbocycles. The largest absolute Gasteiger partial charge is 0.490 e. The van der Waals surface area contributed by atoms with Gasteiger partial charge in [0.1, 0.15) is 30.5 Å². The second-order valence-corrected chi connectivity index (χ2v) is 9.14. The maximum atomic E-state index is 11.6. The van der Waals surface area contributed by atoms with E-state index in [1.165, 1.54) is 0 Å². The first-order chi connectivity index (χ1) is 10.9. The molecule has 0 radical (unpaired) electrons. The Hall–Kier alpha value is 0.0500. The summed E-state index contributed by atoms with van der Waals surface area (Å²) in [6, 6.07) is 0. The van der Waals surface area contributed by atoms with E-state index in [1.54, 1.807) is 0 Å². The van der Waals surface area contributed by atoms with Crippen LogP contribution < -0.4 is 18.5 Å². The summed E-state index contributed by atoms with van der Waals surface area (Å²) >= 11 is 0. The molecule has 1 fully saturated rings. The molecule has 19 N–H and O–H groups in total. The number of aliphatic hydroxyl groups excluding tert-OH is 5. The fraction of sp³-hybridized carbons (Fsp3) is 1.00. The average Bonchev–Trinajstić information content (AvgIpc) is 2.36. The van der Waals surface area contributed by atoms with Gasteiger partial charge in [-0.05, 0) is 0 Å². The molecule has 0 aromatic rings. The van der Waals surface area contributed by atoms with Gasteiger partial charge in [-0.3, -0.25) is 0 Å². The summed E-state index contributed by atoms with van der Waals surface area (Å²) in [6.07, 6.45) is -12.6. The molecule has 19 nitrogen and oxygen atoms in total. The zero-order valence-electron chi connectivity index (χ0n) is 13.8. The van der Waals surface area contributed by atoms with Crippen LogP contribution >= 0.6 is 23.5 Å². The summed E-state index contributed by atoms with van der Waals surface area (Å²) in [5.41, 5.74) is 0. The zero-order chi connectivity index (χ0) is 20.0. The minimum Gasteiger partial charge on any atom is -0.387 e. The van der Waals surface area contributed by atoms with Gasteiger partial charge in [0.2, 0.25) is 5.79 Å². The van der Waals surface area contributed by atoms with Crippen LogP contribution in [0.5, 0.6) is 0 Å². The van der Waals surface area contributed by atoms with Crippen LogP contribution in [0.15, 0.2) is 0 Å². The molecule has 0 spiro atoms. The maximum Gasteiger partial charge on any atom is 0.490 e. The van der Waals surface area contributed by atoms with Crippen molar-refractivity contribution in [2.24, 2.45) is 0 Å². The highest BCUT2D eigenvalue weighted by Crippen LogP contribution is 2.67. The minimum absolute atomic E-state index is 0. The van der Waals surface area contributed by atoms with Gasteiger partial charge in [0, 0.05) is 0 Å². The zero-order valence-corrected chi connectivity index (χ0v) is 16.5. The third kappa shape index (κ3) is 7.71. The molecule has 0 aromatic heterocycles. The molecule has 0 aliphatic heterocycles. The van der Waals surface area contributed by atoms with E-state index in [1.807, 2.05) is 0 Å². The van der Waals surface area contributed by atoms with Crippen LogP contribution in [0.4, 0.5) is 0 Å². The van der Waals surface area contributed by atoms with Crippen LogP contribution in [-0.2, 0) is 26.8 Å². The lowest BCUT2D eigenvalue weighted by Gasteiger charge is -2.46. The predicted molar refractivity (Wildman–Crippen MR) is 85.0 cm³/mol. The Morgan fingerprint density at radius 3 is 1.32 bits per heavy atom. The third-order valence-corrected chi connectivity index (χ3v) is 6.72. The van der Waals surface area contributed by atoms with Crippen molar-refractivity contribution in [3.63, 3.8) is 0 Å². The van der Waals surface area contributed by atoms with Gasteiger partial charge in [0.25, 0.3) is 0 Å². The number of phosphoric ester groups is 1.